The first-order valence-electron chi connectivity index (χ1n) is 5.57. The maximum absolute atomic E-state index is 11.9. The highest BCUT2D eigenvalue weighted by Crippen LogP contribution is 2.21. The fourth-order valence-electron chi connectivity index (χ4n) is 1.92. The molecule has 0 aromatic carbocycles. The minimum Gasteiger partial charge on any atom is -0.478 e. The van der Waals surface area contributed by atoms with E-state index in [1.807, 2.05) is 0 Å². The fraction of sp³-hybridized carbons (Fsp3) is 0.364. The van der Waals surface area contributed by atoms with Crippen LogP contribution in [0.2, 0.25) is 0 Å². The molecule has 1 fully saturated rings. The van der Waals surface area contributed by atoms with Crippen LogP contribution in [0, 0.1) is 5.92 Å². The van der Waals surface area contributed by atoms with Crippen molar-refractivity contribution in [3.8, 4) is 0 Å². The van der Waals surface area contributed by atoms with Gasteiger partial charge in [0.2, 0.25) is 5.91 Å². The Morgan fingerprint density at radius 2 is 2.16 bits per heavy atom. The van der Waals surface area contributed by atoms with Crippen LogP contribution in [-0.2, 0) is 14.6 Å². The van der Waals surface area contributed by atoms with Crippen LogP contribution in [0.25, 0.3) is 0 Å². The van der Waals surface area contributed by atoms with E-state index in [2.05, 4.69) is 10.3 Å². The summed E-state index contributed by atoms with van der Waals surface area (Å²) in [5.41, 5.74) is -0.00602. The molecule has 0 bridgehead atoms. The number of aromatic carboxylic acids is 1. The Morgan fingerprint density at radius 1 is 1.42 bits per heavy atom. The van der Waals surface area contributed by atoms with E-state index < -0.39 is 27.6 Å². The van der Waals surface area contributed by atoms with Crippen LogP contribution in [0.1, 0.15) is 16.8 Å². The summed E-state index contributed by atoms with van der Waals surface area (Å²) in [5, 5.41) is 11.4. The van der Waals surface area contributed by atoms with Crippen LogP contribution in [0.4, 0.5) is 5.69 Å². The third-order valence-corrected chi connectivity index (χ3v) is 4.68. The molecule has 2 heterocycles. The second-order valence-corrected chi connectivity index (χ2v) is 6.54. The summed E-state index contributed by atoms with van der Waals surface area (Å²) >= 11 is 0. The highest BCUT2D eigenvalue weighted by atomic mass is 32.2. The molecule has 1 aliphatic heterocycles. The third kappa shape index (κ3) is 3.08. The fourth-order valence-corrected chi connectivity index (χ4v) is 3.66. The van der Waals surface area contributed by atoms with E-state index in [0.29, 0.717) is 0 Å². The Bertz CT molecular complexity index is 626. The second-order valence-electron chi connectivity index (χ2n) is 4.32. The van der Waals surface area contributed by atoms with Crippen LogP contribution in [-0.4, -0.2) is 41.9 Å². The molecule has 0 radical (unpaired) electrons. The van der Waals surface area contributed by atoms with Gasteiger partial charge in [0.1, 0.15) is 0 Å². The third-order valence-electron chi connectivity index (χ3n) is 2.91. The first kappa shape index (κ1) is 13.5. The number of carbonyl (C=O) groups excluding carboxylic acids is 1. The second kappa shape index (κ2) is 4.96. The summed E-state index contributed by atoms with van der Waals surface area (Å²) in [4.78, 5) is 26.6. The molecule has 2 N–H and O–H groups in total. The number of pyridine rings is 1. The first-order chi connectivity index (χ1) is 8.89. The van der Waals surface area contributed by atoms with Gasteiger partial charge in [0.05, 0.1) is 34.9 Å². The van der Waals surface area contributed by atoms with Crippen LogP contribution >= 0.6 is 0 Å². The van der Waals surface area contributed by atoms with E-state index in [1.165, 1.54) is 18.5 Å². The first-order valence-corrected chi connectivity index (χ1v) is 7.40. The summed E-state index contributed by atoms with van der Waals surface area (Å²) in [6, 6.07) is 1.27. The number of hydrogen-bond donors (Lipinski definition) is 2. The number of anilines is 1. The molecule has 1 unspecified atom stereocenters. The molecule has 0 spiro atoms. The maximum Gasteiger partial charge on any atom is 0.337 e. The molecule has 1 aliphatic rings. The van der Waals surface area contributed by atoms with E-state index in [-0.39, 0.29) is 29.2 Å². The SMILES string of the molecule is O=C(O)c1ccncc1NC(=O)C1CCS(=O)(=O)C1. The Labute approximate surface area is 109 Å². The molecule has 0 aliphatic carbocycles. The highest BCUT2D eigenvalue weighted by molar-refractivity contribution is 7.91. The predicted molar refractivity (Wildman–Crippen MR) is 66.6 cm³/mol. The van der Waals surface area contributed by atoms with Crippen molar-refractivity contribution in [1.29, 1.82) is 0 Å². The van der Waals surface area contributed by atoms with E-state index in [9.17, 15) is 18.0 Å². The number of carboxylic acid groups (broad SMARTS) is 1. The smallest absolute Gasteiger partial charge is 0.337 e. The number of amides is 1. The van der Waals surface area contributed by atoms with Gasteiger partial charge in [0.25, 0.3) is 0 Å². The van der Waals surface area contributed by atoms with E-state index in [4.69, 9.17) is 5.11 Å². The van der Waals surface area contributed by atoms with Crippen LogP contribution in [0.3, 0.4) is 0 Å². The summed E-state index contributed by atoms with van der Waals surface area (Å²) in [7, 11) is -3.15. The average molecular weight is 284 g/mol. The van der Waals surface area contributed by atoms with Crippen molar-refractivity contribution in [2.75, 3.05) is 16.8 Å². The van der Waals surface area contributed by atoms with Crippen molar-refractivity contribution in [3.05, 3.63) is 24.0 Å². The largest absolute Gasteiger partial charge is 0.478 e. The number of rotatable bonds is 3. The zero-order valence-electron chi connectivity index (χ0n) is 9.87. The van der Waals surface area contributed by atoms with Gasteiger partial charge in [-0.3, -0.25) is 9.78 Å². The summed E-state index contributed by atoms with van der Waals surface area (Å²) in [6.07, 6.45) is 2.79. The number of sulfone groups is 1. The van der Waals surface area contributed by atoms with E-state index in [0.717, 1.165) is 0 Å². The maximum atomic E-state index is 11.9. The van der Waals surface area contributed by atoms with Crippen molar-refractivity contribution >= 4 is 27.4 Å². The summed E-state index contributed by atoms with van der Waals surface area (Å²) in [6.45, 7) is 0. The van der Waals surface area contributed by atoms with Gasteiger partial charge in [-0.15, -0.1) is 0 Å². The molecular weight excluding hydrogens is 272 g/mol. The van der Waals surface area contributed by atoms with Crippen LogP contribution in [0.15, 0.2) is 18.5 Å². The van der Waals surface area contributed by atoms with Crippen molar-refractivity contribution < 1.29 is 23.1 Å². The average Bonchev–Trinajstić information content (AvgIpc) is 2.70. The van der Waals surface area contributed by atoms with E-state index >= 15 is 0 Å². The molecule has 2 rings (SSSR count). The molecule has 1 aromatic rings. The minimum atomic E-state index is -3.15. The molecule has 1 aromatic heterocycles. The molecule has 1 amide bonds. The van der Waals surface area contributed by atoms with Gasteiger partial charge in [-0.2, -0.15) is 0 Å². The zero-order chi connectivity index (χ0) is 14.0. The van der Waals surface area contributed by atoms with Crippen molar-refractivity contribution in [2.45, 2.75) is 6.42 Å². The number of carboxylic acids is 1. The van der Waals surface area contributed by atoms with Gasteiger partial charge in [0.15, 0.2) is 9.84 Å². The van der Waals surface area contributed by atoms with Gasteiger partial charge in [0, 0.05) is 6.20 Å². The standard InChI is InChI=1S/C11H12N2O5S/c14-10(7-2-4-19(17,18)6-7)13-9-5-12-3-1-8(9)11(15)16/h1,3,5,7H,2,4,6H2,(H,13,14)(H,15,16). The van der Waals surface area contributed by atoms with Gasteiger partial charge < -0.3 is 10.4 Å². The highest BCUT2D eigenvalue weighted by Gasteiger charge is 2.33. The summed E-state index contributed by atoms with van der Waals surface area (Å²) in [5.74, 6) is -2.51. The number of carbonyl (C=O) groups is 2. The Kier molecular flexibility index (Phi) is 3.52. The molecule has 0 saturated carbocycles. The molecule has 19 heavy (non-hydrogen) atoms. The number of hydrogen-bond acceptors (Lipinski definition) is 5. The van der Waals surface area contributed by atoms with Gasteiger partial charge >= 0.3 is 5.97 Å². The monoisotopic (exact) mass is 284 g/mol. The molecule has 7 nitrogen and oxygen atoms in total. The van der Waals surface area contributed by atoms with Gasteiger partial charge in [-0.25, -0.2) is 13.2 Å². The lowest BCUT2D eigenvalue weighted by molar-refractivity contribution is -0.119. The zero-order valence-corrected chi connectivity index (χ0v) is 10.7. The summed E-state index contributed by atoms with van der Waals surface area (Å²) < 4.78 is 22.6. The molecule has 1 atom stereocenters. The topological polar surface area (TPSA) is 113 Å². The Hall–Kier alpha value is -1.96. The number of nitrogens with one attached hydrogen (secondary N) is 1. The quantitative estimate of drug-likeness (QED) is 0.817. The molecule has 8 heteroatoms. The lowest BCUT2D eigenvalue weighted by Gasteiger charge is -2.10. The molecule has 102 valence electrons. The predicted octanol–water partition coefficient (Wildman–Crippen LogP) is 0.153. The normalized spacial score (nSPS) is 20.9. The van der Waals surface area contributed by atoms with Crippen molar-refractivity contribution in [1.82, 2.24) is 4.98 Å². The lowest BCUT2D eigenvalue weighted by atomic mass is 10.1. The van der Waals surface area contributed by atoms with Gasteiger partial charge in [-0.05, 0) is 12.5 Å². The van der Waals surface area contributed by atoms with Crippen molar-refractivity contribution in [2.24, 2.45) is 5.92 Å². The van der Waals surface area contributed by atoms with E-state index in [1.54, 1.807) is 0 Å². The Balaban J connectivity index is 2.14. The van der Waals surface area contributed by atoms with Crippen LogP contribution < -0.4 is 5.32 Å². The van der Waals surface area contributed by atoms with Crippen molar-refractivity contribution in [3.63, 3.8) is 0 Å². The lowest BCUT2D eigenvalue weighted by Crippen LogP contribution is -2.24. The molecular formula is C11H12N2O5S. The number of nitrogens with zero attached hydrogens (tertiary/aromatic N) is 1. The molecule has 1 saturated heterocycles. The van der Waals surface area contributed by atoms with Gasteiger partial charge in [-0.1, -0.05) is 0 Å². The van der Waals surface area contributed by atoms with Crippen LogP contribution in [0.5, 0.6) is 0 Å². The number of aromatic nitrogens is 1. The minimum absolute atomic E-state index is 0.0100. The Morgan fingerprint density at radius 3 is 2.74 bits per heavy atom.